The minimum atomic E-state index is -4.58. The Bertz CT molecular complexity index is 1170. The molecule has 1 fully saturated rings. The summed E-state index contributed by atoms with van der Waals surface area (Å²) in [5.41, 5.74) is 11.4. The average molecular weight is 518 g/mol. The number of primary sulfonamides is 1. The zero-order chi connectivity index (χ0) is 24.9. The van der Waals surface area contributed by atoms with Crippen LogP contribution >= 0.6 is 0 Å². The molecule has 2 heterocycles. The van der Waals surface area contributed by atoms with E-state index in [9.17, 15) is 21.9 Å². The van der Waals surface area contributed by atoms with Crippen molar-refractivity contribution in [3.8, 4) is 11.4 Å². The summed E-state index contributed by atoms with van der Waals surface area (Å²) in [6.45, 7) is 1.22. The van der Waals surface area contributed by atoms with Gasteiger partial charge < -0.3 is 21.5 Å². The molecule has 0 radical (unpaired) electrons. The number of nitrogens with one attached hydrogen (secondary N) is 2. The van der Waals surface area contributed by atoms with Crippen LogP contribution in [-0.4, -0.2) is 81.4 Å². The zero-order valence-electron chi connectivity index (χ0n) is 18.6. The quantitative estimate of drug-likeness (QED) is 0.203. The monoisotopic (exact) mass is 517 g/mol. The molecule has 1 aromatic carbocycles. The smallest absolute Gasteiger partial charge is 0.242 e. The number of hydrogen-bond donors (Lipinski definition) is 6. The summed E-state index contributed by atoms with van der Waals surface area (Å²) in [5, 5.41) is 28.8. The normalized spacial score (nSPS) is 18.6. The summed E-state index contributed by atoms with van der Waals surface area (Å²) in [5.74, 6) is 0.333. The SMILES string of the molecule is NCCC1CCCN(c2ccc(S(=O)(=O)NCC(O)CN)c(S(N)(=O)=O)c2-c2nn[nH]n2)CC1. The van der Waals surface area contributed by atoms with Crippen molar-refractivity contribution in [2.24, 2.45) is 22.5 Å². The second kappa shape index (κ2) is 11.0. The molecule has 9 N–H and O–H groups in total. The van der Waals surface area contributed by atoms with E-state index in [1.807, 2.05) is 4.90 Å². The number of sulfonamides is 2. The molecular formula is C18H31N9O5S2. The number of rotatable bonds is 10. The first-order chi connectivity index (χ1) is 16.1. The predicted octanol–water partition coefficient (Wildman–Crippen LogP) is -1.93. The topological polar surface area (TPSA) is 236 Å². The van der Waals surface area contributed by atoms with Crippen LogP contribution in [0, 0.1) is 5.92 Å². The first kappa shape index (κ1) is 26.4. The first-order valence-electron chi connectivity index (χ1n) is 10.8. The van der Waals surface area contributed by atoms with E-state index in [2.05, 4.69) is 25.3 Å². The fourth-order valence-electron chi connectivity index (χ4n) is 4.09. The largest absolute Gasteiger partial charge is 0.390 e. The van der Waals surface area contributed by atoms with Gasteiger partial charge in [-0.3, -0.25) is 0 Å². The highest BCUT2D eigenvalue weighted by atomic mass is 32.2. The van der Waals surface area contributed by atoms with Crippen LogP contribution in [-0.2, 0) is 20.0 Å². The fraction of sp³-hybridized carbons (Fsp3) is 0.611. The highest BCUT2D eigenvalue weighted by Gasteiger charge is 2.33. The lowest BCUT2D eigenvalue weighted by Gasteiger charge is -2.27. The summed E-state index contributed by atoms with van der Waals surface area (Å²) >= 11 is 0. The number of tetrazole rings is 1. The van der Waals surface area contributed by atoms with Gasteiger partial charge in [-0.05, 0) is 55.5 Å². The summed E-state index contributed by atoms with van der Waals surface area (Å²) in [7, 11) is -8.99. The maximum absolute atomic E-state index is 13.0. The average Bonchev–Trinajstić information content (AvgIpc) is 3.23. The van der Waals surface area contributed by atoms with Crippen molar-refractivity contribution < 1.29 is 21.9 Å². The number of anilines is 1. The maximum atomic E-state index is 13.0. The predicted molar refractivity (Wildman–Crippen MR) is 124 cm³/mol. The van der Waals surface area contributed by atoms with Crippen molar-refractivity contribution in [1.82, 2.24) is 25.3 Å². The number of aromatic amines is 1. The standard InChI is InChI=1S/C18H31N9O5S2/c19-7-5-12-2-1-8-27(9-6-12)14-3-4-15(34(31,32)22-11-13(28)10-20)17(33(21,29)30)16(14)18-23-25-26-24-18/h3-4,12-13,22,28H,1-2,5-11,19-20H2,(H2,21,29,30)(H,23,24,25,26). The van der Waals surface area contributed by atoms with Gasteiger partial charge in [-0.1, -0.05) is 0 Å². The Morgan fingerprint density at radius 1 is 1.21 bits per heavy atom. The third kappa shape index (κ3) is 6.07. The van der Waals surface area contributed by atoms with Gasteiger partial charge in [-0.15, -0.1) is 10.2 Å². The lowest BCUT2D eigenvalue weighted by molar-refractivity contribution is 0.186. The van der Waals surface area contributed by atoms with E-state index in [1.54, 1.807) is 0 Å². The van der Waals surface area contributed by atoms with Crippen molar-refractivity contribution in [3.63, 3.8) is 0 Å². The molecule has 1 aliphatic heterocycles. The molecule has 14 nitrogen and oxygen atoms in total. The molecule has 0 spiro atoms. The van der Waals surface area contributed by atoms with Gasteiger partial charge in [0.25, 0.3) is 0 Å². The molecule has 190 valence electrons. The molecule has 1 aromatic heterocycles. The van der Waals surface area contributed by atoms with Crippen LogP contribution in [0.1, 0.15) is 25.7 Å². The number of nitrogens with two attached hydrogens (primary N) is 3. The third-order valence-electron chi connectivity index (χ3n) is 5.79. The van der Waals surface area contributed by atoms with Crippen molar-refractivity contribution in [3.05, 3.63) is 12.1 Å². The van der Waals surface area contributed by atoms with E-state index in [0.29, 0.717) is 31.2 Å². The lowest BCUT2D eigenvalue weighted by Crippen LogP contribution is -2.37. The van der Waals surface area contributed by atoms with Gasteiger partial charge in [0.15, 0.2) is 0 Å². The van der Waals surface area contributed by atoms with E-state index in [0.717, 1.165) is 25.7 Å². The highest BCUT2D eigenvalue weighted by Crippen LogP contribution is 2.39. The summed E-state index contributed by atoms with van der Waals surface area (Å²) in [6, 6.07) is 2.69. The van der Waals surface area contributed by atoms with Crippen LogP contribution in [0.3, 0.4) is 0 Å². The van der Waals surface area contributed by atoms with Gasteiger partial charge in [0.1, 0.15) is 9.79 Å². The maximum Gasteiger partial charge on any atom is 0.242 e. The molecule has 0 aliphatic carbocycles. The van der Waals surface area contributed by atoms with E-state index in [4.69, 9.17) is 16.6 Å². The molecule has 1 saturated heterocycles. The van der Waals surface area contributed by atoms with E-state index in [1.165, 1.54) is 12.1 Å². The molecule has 0 saturated carbocycles. The van der Waals surface area contributed by atoms with E-state index < -0.39 is 42.5 Å². The highest BCUT2D eigenvalue weighted by molar-refractivity contribution is 7.92. The van der Waals surface area contributed by atoms with E-state index in [-0.39, 0.29) is 17.9 Å². The van der Waals surface area contributed by atoms with Gasteiger partial charge in [0.2, 0.25) is 25.9 Å². The van der Waals surface area contributed by atoms with Crippen molar-refractivity contribution in [2.45, 2.75) is 41.6 Å². The molecular weight excluding hydrogens is 486 g/mol. The zero-order valence-corrected chi connectivity index (χ0v) is 20.2. The first-order valence-corrected chi connectivity index (χ1v) is 13.9. The number of nitrogens with zero attached hydrogens (tertiary/aromatic N) is 4. The summed E-state index contributed by atoms with van der Waals surface area (Å²) in [6.07, 6.45) is 2.41. The molecule has 0 amide bonds. The fourth-order valence-corrected chi connectivity index (χ4v) is 6.76. The number of H-pyrrole nitrogens is 1. The third-order valence-corrected chi connectivity index (χ3v) is 8.38. The minimum Gasteiger partial charge on any atom is -0.390 e. The molecule has 3 rings (SSSR count). The Balaban J connectivity index is 2.16. The van der Waals surface area contributed by atoms with Gasteiger partial charge in [-0.25, -0.2) is 26.7 Å². The second-order valence-corrected chi connectivity index (χ2v) is 11.4. The van der Waals surface area contributed by atoms with Gasteiger partial charge in [0, 0.05) is 31.9 Å². The van der Waals surface area contributed by atoms with Gasteiger partial charge >= 0.3 is 0 Å². The van der Waals surface area contributed by atoms with E-state index >= 15 is 0 Å². The Morgan fingerprint density at radius 3 is 2.59 bits per heavy atom. The number of aromatic nitrogens is 4. The van der Waals surface area contributed by atoms with Crippen LogP contribution in [0.25, 0.3) is 11.4 Å². The molecule has 16 heteroatoms. The molecule has 0 bridgehead atoms. The van der Waals surface area contributed by atoms with Crippen LogP contribution in [0.5, 0.6) is 0 Å². The number of aliphatic hydroxyl groups excluding tert-OH is 1. The van der Waals surface area contributed by atoms with Crippen molar-refractivity contribution >= 4 is 25.7 Å². The minimum absolute atomic E-state index is 0.0595. The van der Waals surface area contributed by atoms with Crippen LogP contribution in [0.2, 0.25) is 0 Å². The molecule has 2 atom stereocenters. The summed E-state index contributed by atoms with van der Waals surface area (Å²) in [4.78, 5) is 0.737. The summed E-state index contributed by atoms with van der Waals surface area (Å²) < 4.78 is 53.7. The number of benzene rings is 1. The molecule has 1 aliphatic rings. The van der Waals surface area contributed by atoms with Crippen molar-refractivity contribution in [1.29, 1.82) is 0 Å². The van der Waals surface area contributed by atoms with Gasteiger partial charge in [0.05, 0.1) is 11.7 Å². The number of hydrogen-bond acceptors (Lipinski definition) is 11. The molecule has 2 unspecified atom stereocenters. The van der Waals surface area contributed by atoms with Gasteiger partial charge in [-0.2, -0.15) is 5.21 Å². The Labute approximate surface area is 198 Å². The molecule has 2 aromatic rings. The van der Waals surface area contributed by atoms with Crippen LogP contribution in [0.4, 0.5) is 5.69 Å². The van der Waals surface area contributed by atoms with Crippen LogP contribution in [0.15, 0.2) is 21.9 Å². The van der Waals surface area contributed by atoms with Crippen LogP contribution < -0.4 is 26.2 Å². The second-order valence-electron chi connectivity index (χ2n) is 8.17. The Morgan fingerprint density at radius 2 is 1.97 bits per heavy atom. The van der Waals surface area contributed by atoms with Crippen molar-refractivity contribution in [2.75, 3.05) is 37.6 Å². The Hall–Kier alpha value is -2.21. The lowest BCUT2D eigenvalue weighted by atomic mass is 9.97. The molecule has 34 heavy (non-hydrogen) atoms. The number of aliphatic hydroxyl groups is 1. The Kier molecular flexibility index (Phi) is 8.56.